The molecule has 0 spiro atoms. The molecule has 4 nitrogen and oxygen atoms in total. The van der Waals surface area contributed by atoms with E-state index >= 15 is 0 Å². The van der Waals surface area contributed by atoms with Gasteiger partial charge in [0.15, 0.2) is 0 Å². The number of thiazole rings is 1. The summed E-state index contributed by atoms with van der Waals surface area (Å²) in [5, 5.41) is 2.74. The third-order valence-electron chi connectivity index (χ3n) is 4.44. The van der Waals surface area contributed by atoms with Crippen LogP contribution in [0, 0.1) is 5.82 Å². The SMILES string of the molecule is CCCCCN(Cc1ccc(F)cc1)C(=O)Cc1csc(-c2ccccn2)n1. The molecule has 0 aliphatic heterocycles. The van der Waals surface area contributed by atoms with Crippen molar-refractivity contribution in [1.82, 2.24) is 14.9 Å². The van der Waals surface area contributed by atoms with Gasteiger partial charge in [-0.1, -0.05) is 38.0 Å². The van der Waals surface area contributed by atoms with Crippen molar-refractivity contribution in [2.24, 2.45) is 0 Å². The molecule has 146 valence electrons. The smallest absolute Gasteiger partial charge is 0.228 e. The minimum Gasteiger partial charge on any atom is -0.338 e. The summed E-state index contributed by atoms with van der Waals surface area (Å²) in [7, 11) is 0. The van der Waals surface area contributed by atoms with Crippen LogP contribution in [-0.2, 0) is 17.8 Å². The number of nitrogens with zero attached hydrogens (tertiary/aromatic N) is 3. The van der Waals surface area contributed by atoms with Crippen LogP contribution in [0.4, 0.5) is 4.39 Å². The molecule has 0 bridgehead atoms. The number of pyridine rings is 1. The topological polar surface area (TPSA) is 46.1 Å². The fourth-order valence-electron chi connectivity index (χ4n) is 2.92. The Kier molecular flexibility index (Phi) is 7.25. The molecule has 2 aromatic heterocycles. The van der Waals surface area contributed by atoms with Gasteiger partial charge < -0.3 is 4.90 Å². The van der Waals surface area contributed by atoms with Crippen LogP contribution in [0.1, 0.15) is 37.4 Å². The van der Waals surface area contributed by atoms with E-state index in [1.54, 1.807) is 18.3 Å². The Balaban J connectivity index is 1.68. The lowest BCUT2D eigenvalue weighted by atomic mass is 10.1. The molecule has 0 atom stereocenters. The Labute approximate surface area is 169 Å². The Hall–Kier alpha value is -2.60. The second kappa shape index (κ2) is 10.1. The Morgan fingerprint density at radius 3 is 2.68 bits per heavy atom. The van der Waals surface area contributed by atoms with E-state index < -0.39 is 0 Å². The minimum atomic E-state index is -0.267. The van der Waals surface area contributed by atoms with E-state index in [9.17, 15) is 9.18 Å². The summed E-state index contributed by atoms with van der Waals surface area (Å²) in [6.45, 7) is 3.32. The van der Waals surface area contributed by atoms with Gasteiger partial charge in [0.1, 0.15) is 10.8 Å². The van der Waals surface area contributed by atoms with Crippen molar-refractivity contribution in [1.29, 1.82) is 0 Å². The quantitative estimate of drug-likeness (QED) is 0.472. The van der Waals surface area contributed by atoms with E-state index in [-0.39, 0.29) is 18.1 Å². The molecule has 2 heterocycles. The van der Waals surface area contributed by atoms with Crippen LogP contribution in [0.5, 0.6) is 0 Å². The first kappa shape index (κ1) is 20.1. The number of hydrogen-bond donors (Lipinski definition) is 0. The average Bonchev–Trinajstić information content (AvgIpc) is 3.18. The van der Waals surface area contributed by atoms with Gasteiger partial charge in [0.2, 0.25) is 5.91 Å². The second-order valence-electron chi connectivity index (χ2n) is 6.68. The van der Waals surface area contributed by atoms with Crippen molar-refractivity contribution >= 4 is 17.2 Å². The predicted molar refractivity (Wildman–Crippen MR) is 110 cm³/mol. The lowest BCUT2D eigenvalue weighted by Gasteiger charge is -2.22. The highest BCUT2D eigenvalue weighted by atomic mass is 32.1. The van der Waals surface area contributed by atoms with Gasteiger partial charge >= 0.3 is 0 Å². The molecule has 0 N–H and O–H groups in total. The van der Waals surface area contributed by atoms with Crippen molar-refractivity contribution in [3.05, 3.63) is 71.1 Å². The molecule has 0 saturated carbocycles. The van der Waals surface area contributed by atoms with E-state index in [0.717, 1.165) is 41.2 Å². The Bertz CT molecular complexity index is 880. The molecule has 0 aliphatic carbocycles. The van der Waals surface area contributed by atoms with Crippen LogP contribution in [0.2, 0.25) is 0 Å². The third kappa shape index (κ3) is 5.70. The zero-order chi connectivity index (χ0) is 19.8. The molecule has 1 amide bonds. The number of carbonyl (C=O) groups excluding carboxylic acids is 1. The molecule has 6 heteroatoms. The van der Waals surface area contributed by atoms with Crippen molar-refractivity contribution in [3.63, 3.8) is 0 Å². The zero-order valence-corrected chi connectivity index (χ0v) is 16.8. The summed E-state index contributed by atoms with van der Waals surface area (Å²) in [4.78, 5) is 23.7. The number of benzene rings is 1. The van der Waals surface area contributed by atoms with E-state index in [1.165, 1.54) is 23.5 Å². The largest absolute Gasteiger partial charge is 0.338 e. The standard InChI is InChI=1S/C22H24FN3OS/c1-2-3-6-13-26(15-17-8-10-18(23)11-9-17)21(27)14-19-16-28-22(25-19)20-7-4-5-12-24-20/h4-5,7-12,16H,2-3,6,13-15H2,1H3. The molecule has 0 fully saturated rings. The Morgan fingerprint density at radius 1 is 1.14 bits per heavy atom. The molecule has 0 unspecified atom stereocenters. The van der Waals surface area contributed by atoms with Gasteiger partial charge in [0.05, 0.1) is 17.8 Å². The number of hydrogen-bond acceptors (Lipinski definition) is 4. The van der Waals surface area contributed by atoms with Crippen molar-refractivity contribution < 1.29 is 9.18 Å². The van der Waals surface area contributed by atoms with Crippen molar-refractivity contribution in [2.45, 2.75) is 39.2 Å². The van der Waals surface area contributed by atoms with E-state index in [4.69, 9.17) is 0 Å². The maximum absolute atomic E-state index is 13.2. The van der Waals surface area contributed by atoms with Gasteiger partial charge in [0, 0.05) is 24.7 Å². The van der Waals surface area contributed by atoms with Crippen LogP contribution >= 0.6 is 11.3 Å². The van der Waals surface area contributed by atoms with Gasteiger partial charge in [-0.3, -0.25) is 9.78 Å². The first-order valence-electron chi connectivity index (χ1n) is 9.53. The summed E-state index contributed by atoms with van der Waals surface area (Å²) in [5.74, 6) is -0.226. The van der Waals surface area contributed by atoms with Crippen molar-refractivity contribution in [2.75, 3.05) is 6.54 Å². The number of unbranched alkanes of at least 4 members (excludes halogenated alkanes) is 2. The summed E-state index contributed by atoms with van der Waals surface area (Å²) in [5.41, 5.74) is 2.51. The highest BCUT2D eigenvalue weighted by Gasteiger charge is 2.17. The fraction of sp³-hybridized carbons (Fsp3) is 0.318. The number of aromatic nitrogens is 2. The van der Waals surface area contributed by atoms with Crippen LogP contribution in [0.25, 0.3) is 10.7 Å². The minimum absolute atomic E-state index is 0.0401. The summed E-state index contributed by atoms with van der Waals surface area (Å²) in [6, 6.07) is 12.0. The molecule has 28 heavy (non-hydrogen) atoms. The van der Waals surface area contributed by atoms with E-state index in [2.05, 4.69) is 16.9 Å². The molecular weight excluding hydrogens is 373 g/mol. The van der Waals surface area contributed by atoms with E-state index in [0.29, 0.717) is 13.1 Å². The molecule has 3 aromatic rings. The number of rotatable bonds is 9. The summed E-state index contributed by atoms with van der Waals surface area (Å²) in [6.07, 6.45) is 5.13. The lowest BCUT2D eigenvalue weighted by molar-refractivity contribution is -0.131. The molecular formula is C22H24FN3OS. The van der Waals surface area contributed by atoms with Gasteiger partial charge in [-0.15, -0.1) is 11.3 Å². The van der Waals surface area contributed by atoms with Crippen molar-refractivity contribution in [3.8, 4) is 10.7 Å². The van der Waals surface area contributed by atoms with Gasteiger partial charge in [-0.25, -0.2) is 9.37 Å². The van der Waals surface area contributed by atoms with Crippen LogP contribution < -0.4 is 0 Å². The molecule has 3 rings (SSSR count). The Morgan fingerprint density at radius 2 is 1.96 bits per heavy atom. The maximum Gasteiger partial charge on any atom is 0.228 e. The number of carbonyl (C=O) groups is 1. The normalized spacial score (nSPS) is 10.8. The van der Waals surface area contributed by atoms with Gasteiger partial charge in [-0.2, -0.15) is 0 Å². The number of halogens is 1. The lowest BCUT2D eigenvalue weighted by Crippen LogP contribution is -2.33. The first-order chi connectivity index (χ1) is 13.7. The first-order valence-corrected chi connectivity index (χ1v) is 10.4. The molecule has 1 aromatic carbocycles. The predicted octanol–water partition coefficient (Wildman–Crippen LogP) is 5.11. The van der Waals surface area contributed by atoms with Gasteiger partial charge in [0.25, 0.3) is 0 Å². The molecule has 0 saturated heterocycles. The number of amides is 1. The second-order valence-corrected chi connectivity index (χ2v) is 7.54. The summed E-state index contributed by atoms with van der Waals surface area (Å²) < 4.78 is 13.2. The van der Waals surface area contributed by atoms with Crippen LogP contribution in [0.15, 0.2) is 54.0 Å². The highest BCUT2D eigenvalue weighted by molar-refractivity contribution is 7.13. The fourth-order valence-corrected chi connectivity index (χ4v) is 3.71. The van der Waals surface area contributed by atoms with Crippen LogP contribution in [-0.4, -0.2) is 27.3 Å². The average molecular weight is 398 g/mol. The maximum atomic E-state index is 13.2. The highest BCUT2D eigenvalue weighted by Crippen LogP contribution is 2.22. The van der Waals surface area contributed by atoms with E-state index in [1.807, 2.05) is 28.5 Å². The zero-order valence-electron chi connectivity index (χ0n) is 16.0. The van der Waals surface area contributed by atoms with Gasteiger partial charge in [-0.05, 0) is 36.2 Å². The van der Waals surface area contributed by atoms with Crippen LogP contribution in [0.3, 0.4) is 0 Å². The summed E-state index contributed by atoms with van der Waals surface area (Å²) >= 11 is 1.50. The third-order valence-corrected chi connectivity index (χ3v) is 5.35. The molecule has 0 aliphatic rings. The molecule has 0 radical (unpaired) electrons. The monoisotopic (exact) mass is 397 g/mol.